The molecular formula is C16H28N2O11. The molecule has 2 aliphatic rings. The summed E-state index contributed by atoms with van der Waals surface area (Å²) in [5.74, 6) is -1.16. The molecule has 168 valence electrons. The van der Waals surface area contributed by atoms with Crippen LogP contribution in [0.5, 0.6) is 0 Å². The van der Waals surface area contributed by atoms with E-state index < -0.39 is 86.3 Å². The van der Waals surface area contributed by atoms with Crippen LogP contribution < -0.4 is 10.6 Å². The monoisotopic (exact) mass is 424 g/mol. The Kier molecular flexibility index (Phi) is 8.28. The molecule has 0 aromatic carbocycles. The lowest BCUT2D eigenvalue weighted by atomic mass is 9.94. The van der Waals surface area contributed by atoms with Crippen molar-refractivity contribution >= 4 is 11.8 Å². The van der Waals surface area contributed by atoms with Crippen molar-refractivity contribution in [3.8, 4) is 0 Å². The van der Waals surface area contributed by atoms with Crippen molar-refractivity contribution in [1.82, 2.24) is 10.6 Å². The van der Waals surface area contributed by atoms with E-state index in [4.69, 9.17) is 14.2 Å². The average molecular weight is 424 g/mol. The second-order valence-electron chi connectivity index (χ2n) is 7.00. The number of aliphatic hydroxyl groups excluding tert-OH is 6. The number of nitrogens with one attached hydrogen (secondary N) is 2. The molecule has 0 aromatic rings. The maximum absolute atomic E-state index is 11.5. The number of ether oxygens (including phenoxy) is 3. The van der Waals surface area contributed by atoms with Crippen molar-refractivity contribution < 1.29 is 54.4 Å². The standard InChI is InChI=1S/C16H28N2O11/c1-5(21)17-9-13(25)11(23)7(3-19)28-16(9)29-14-10(18-6(2)22)15(26)27-8(4-20)12(14)24/h7-16,19-20,23-26H,3-4H2,1-2H3,(H,17,21)(H,18,22)/t7-,8-,9-,10-,11-,12-,13-,14-,15?,16-/m1/s1. The molecule has 0 aliphatic carbocycles. The summed E-state index contributed by atoms with van der Waals surface area (Å²) >= 11 is 0. The van der Waals surface area contributed by atoms with Crippen molar-refractivity contribution in [3.63, 3.8) is 0 Å². The Morgan fingerprint density at radius 3 is 1.86 bits per heavy atom. The Morgan fingerprint density at radius 2 is 1.34 bits per heavy atom. The fraction of sp³-hybridized carbons (Fsp3) is 0.875. The quantitative estimate of drug-likeness (QED) is 0.202. The largest absolute Gasteiger partial charge is 0.394 e. The van der Waals surface area contributed by atoms with Crippen LogP contribution in [0.2, 0.25) is 0 Å². The molecule has 2 heterocycles. The van der Waals surface area contributed by atoms with Crippen molar-refractivity contribution in [2.45, 2.75) is 75.1 Å². The Morgan fingerprint density at radius 1 is 0.828 bits per heavy atom. The van der Waals surface area contributed by atoms with Gasteiger partial charge in [0.15, 0.2) is 12.6 Å². The van der Waals surface area contributed by atoms with Gasteiger partial charge in [-0.15, -0.1) is 0 Å². The molecule has 2 fully saturated rings. The van der Waals surface area contributed by atoms with Gasteiger partial charge in [-0.25, -0.2) is 0 Å². The predicted molar refractivity (Wildman–Crippen MR) is 91.8 cm³/mol. The zero-order chi connectivity index (χ0) is 21.9. The van der Waals surface area contributed by atoms with Crippen LogP contribution in [0.25, 0.3) is 0 Å². The molecule has 29 heavy (non-hydrogen) atoms. The third kappa shape index (κ3) is 5.39. The molecular weight excluding hydrogens is 396 g/mol. The molecule has 13 nitrogen and oxygen atoms in total. The number of hydrogen-bond donors (Lipinski definition) is 8. The normalized spacial score (nSPS) is 42.9. The zero-order valence-corrected chi connectivity index (χ0v) is 15.9. The minimum Gasteiger partial charge on any atom is -0.394 e. The molecule has 2 rings (SSSR count). The predicted octanol–water partition coefficient (Wildman–Crippen LogP) is -5.11. The molecule has 2 amide bonds. The van der Waals surface area contributed by atoms with Gasteiger partial charge in [-0.3, -0.25) is 9.59 Å². The van der Waals surface area contributed by atoms with Crippen LogP contribution in [0.3, 0.4) is 0 Å². The van der Waals surface area contributed by atoms with Gasteiger partial charge in [-0.2, -0.15) is 0 Å². The number of hydrogen-bond acceptors (Lipinski definition) is 11. The summed E-state index contributed by atoms with van der Waals surface area (Å²) in [5.41, 5.74) is 0. The van der Waals surface area contributed by atoms with Gasteiger partial charge >= 0.3 is 0 Å². The first-order chi connectivity index (χ1) is 13.6. The number of carbonyl (C=O) groups is 2. The lowest BCUT2D eigenvalue weighted by Gasteiger charge is -2.47. The van der Waals surface area contributed by atoms with Gasteiger partial charge in [-0.1, -0.05) is 0 Å². The van der Waals surface area contributed by atoms with Gasteiger partial charge in [0.2, 0.25) is 11.8 Å². The topological polar surface area (TPSA) is 207 Å². The third-order valence-electron chi connectivity index (χ3n) is 4.78. The van der Waals surface area contributed by atoms with Crippen LogP contribution in [0.1, 0.15) is 13.8 Å². The van der Waals surface area contributed by atoms with Crippen molar-refractivity contribution in [2.24, 2.45) is 0 Å². The molecule has 2 saturated heterocycles. The van der Waals surface area contributed by atoms with Gasteiger partial charge in [0.25, 0.3) is 0 Å². The van der Waals surface area contributed by atoms with E-state index in [1.807, 2.05) is 0 Å². The second kappa shape index (κ2) is 10.1. The molecule has 2 aliphatic heterocycles. The van der Waals surface area contributed by atoms with Gasteiger partial charge < -0.3 is 55.5 Å². The number of rotatable bonds is 6. The molecule has 0 saturated carbocycles. The highest BCUT2D eigenvalue weighted by Gasteiger charge is 2.51. The minimum atomic E-state index is -1.66. The maximum Gasteiger partial charge on any atom is 0.217 e. The molecule has 0 aromatic heterocycles. The Bertz CT molecular complexity index is 579. The highest BCUT2D eigenvalue weighted by molar-refractivity contribution is 5.73. The zero-order valence-electron chi connectivity index (χ0n) is 15.9. The van der Waals surface area contributed by atoms with Gasteiger partial charge in [0, 0.05) is 13.8 Å². The summed E-state index contributed by atoms with van der Waals surface area (Å²) in [4.78, 5) is 23.0. The Labute approximate surface area is 166 Å². The van der Waals surface area contributed by atoms with Gasteiger partial charge in [0.1, 0.15) is 48.7 Å². The van der Waals surface area contributed by atoms with Crippen LogP contribution in [0.4, 0.5) is 0 Å². The maximum atomic E-state index is 11.5. The fourth-order valence-corrected chi connectivity index (χ4v) is 3.38. The van der Waals surface area contributed by atoms with Crippen molar-refractivity contribution in [3.05, 3.63) is 0 Å². The van der Waals surface area contributed by atoms with Crippen molar-refractivity contribution in [1.29, 1.82) is 0 Å². The molecule has 8 N–H and O–H groups in total. The van der Waals surface area contributed by atoms with E-state index in [0.717, 1.165) is 13.8 Å². The van der Waals surface area contributed by atoms with Crippen molar-refractivity contribution in [2.75, 3.05) is 13.2 Å². The van der Waals surface area contributed by atoms with E-state index in [1.54, 1.807) is 0 Å². The molecule has 13 heteroatoms. The second-order valence-corrected chi connectivity index (χ2v) is 7.00. The molecule has 0 radical (unpaired) electrons. The molecule has 0 bridgehead atoms. The van der Waals surface area contributed by atoms with E-state index in [2.05, 4.69) is 10.6 Å². The highest BCUT2D eigenvalue weighted by Crippen LogP contribution is 2.28. The summed E-state index contributed by atoms with van der Waals surface area (Å²) < 4.78 is 16.2. The van der Waals surface area contributed by atoms with Crippen LogP contribution in [0.15, 0.2) is 0 Å². The lowest BCUT2D eigenvalue weighted by molar-refractivity contribution is -0.323. The number of amides is 2. The van der Waals surface area contributed by atoms with E-state index in [0.29, 0.717) is 0 Å². The highest BCUT2D eigenvalue weighted by atomic mass is 16.7. The fourth-order valence-electron chi connectivity index (χ4n) is 3.38. The lowest BCUT2D eigenvalue weighted by Crippen LogP contribution is -2.69. The first kappa shape index (κ1) is 23.9. The van der Waals surface area contributed by atoms with E-state index in [1.165, 1.54) is 0 Å². The first-order valence-electron chi connectivity index (χ1n) is 9.05. The summed E-state index contributed by atoms with van der Waals surface area (Å²) in [7, 11) is 0. The van der Waals surface area contributed by atoms with Crippen LogP contribution >= 0.6 is 0 Å². The smallest absolute Gasteiger partial charge is 0.217 e. The van der Waals surface area contributed by atoms with Crippen LogP contribution in [-0.2, 0) is 23.8 Å². The van der Waals surface area contributed by atoms with Gasteiger partial charge in [0.05, 0.1) is 13.2 Å². The van der Waals surface area contributed by atoms with Crippen LogP contribution in [-0.4, -0.2) is 117 Å². The summed E-state index contributed by atoms with van der Waals surface area (Å²) in [6.45, 7) is 0.959. The van der Waals surface area contributed by atoms with E-state index in [9.17, 15) is 40.2 Å². The number of aliphatic hydroxyl groups is 6. The van der Waals surface area contributed by atoms with Crippen LogP contribution in [0, 0.1) is 0 Å². The summed E-state index contributed by atoms with van der Waals surface area (Å²) in [6, 6.07) is -2.59. The third-order valence-corrected chi connectivity index (χ3v) is 4.78. The van der Waals surface area contributed by atoms with E-state index in [-0.39, 0.29) is 0 Å². The number of carbonyl (C=O) groups excluding carboxylic acids is 2. The van der Waals surface area contributed by atoms with Gasteiger partial charge in [-0.05, 0) is 0 Å². The summed E-state index contributed by atoms with van der Waals surface area (Å²) in [5, 5.41) is 64.5. The Balaban J connectivity index is 2.31. The minimum absolute atomic E-state index is 0.576. The average Bonchev–Trinajstić information content (AvgIpc) is 2.65. The SMILES string of the molecule is CC(=O)N[C@H]1[C@@H](O[C@H]2[C@H](O)[C@@H](CO)OC(O)[C@@H]2NC(C)=O)O[C@H](CO)[C@@H](O)[C@@H]1O. The van der Waals surface area contributed by atoms with E-state index >= 15 is 0 Å². The molecule has 0 spiro atoms. The molecule has 1 unspecified atom stereocenters. The molecule has 10 atom stereocenters. The summed E-state index contributed by atoms with van der Waals surface area (Å²) in [6.07, 6.45) is -11.8. The first-order valence-corrected chi connectivity index (χ1v) is 9.05. The Hall–Kier alpha value is -1.42.